The molecule has 1 aromatic carbocycles. The Morgan fingerprint density at radius 2 is 2.00 bits per heavy atom. The smallest absolute Gasteiger partial charge is 0.310 e. The van der Waals surface area contributed by atoms with E-state index in [1.807, 2.05) is 32.1 Å². The minimum atomic E-state index is -0.805. The number of aliphatic hydroxyl groups excluding tert-OH is 1. The molecule has 0 bridgehead atoms. The Bertz CT molecular complexity index is 898. The van der Waals surface area contributed by atoms with Crippen LogP contribution in [0.3, 0.4) is 0 Å². The first kappa shape index (κ1) is 25.2. The molecule has 2 aliphatic rings. The van der Waals surface area contributed by atoms with Crippen molar-refractivity contribution in [2.75, 3.05) is 25.1 Å². The van der Waals surface area contributed by atoms with Gasteiger partial charge in [-0.2, -0.15) is 0 Å². The molecule has 8 heteroatoms. The summed E-state index contributed by atoms with van der Waals surface area (Å²) < 4.78 is 5.35. The van der Waals surface area contributed by atoms with Gasteiger partial charge in [0.1, 0.15) is 6.04 Å². The third kappa shape index (κ3) is 5.09. The van der Waals surface area contributed by atoms with Crippen molar-refractivity contribution in [1.82, 2.24) is 4.90 Å². The van der Waals surface area contributed by atoms with Crippen molar-refractivity contribution in [3.05, 3.63) is 40.9 Å². The molecular formula is C25H33ClN2O5. The number of benzene rings is 1. The molecule has 2 amide bonds. The molecule has 7 nitrogen and oxygen atoms in total. The summed E-state index contributed by atoms with van der Waals surface area (Å²) in [5.41, 5.74) is 1.32. The Labute approximate surface area is 200 Å². The number of esters is 1. The fourth-order valence-corrected chi connectivity index (χ4v) is 5.40. The number of aliphatic hydroxyl groups is 1. The van der Waals surface area contributed by atoms with Gasteiger partial charge < -0.3 is 20.1 Å². The van der Waals surface area contributed by atoms with Crippen LogP contribution in [-0.2, 0) is 19.1 Å². The molecular weight excluding hydrogens is 444 g/mol. The van der Waals surface area contributed by atoms with Crippen molar-refractivity contribution in [3.8, 4) is 0 Å². The number of ether oxygens (including phenoxy) is 1. The monoisotopic (exact) mass is 476 g/mol. The fourth-order valence-electron chi connectivity index (χ4n) is 5.14. The highest BCUT2D eigenvalue weighted by atomic mass is 35.5. The zero-order chi connectivity index (χ0) is 24.1. The minimum Gasteiger partial charge on any atom is -0.466 e. The number of anilines is 1. The normalized spacial score (nSPS) is 26.3. The van der Waals surface area contributed by atoms with Crippen LogP contribution < -0.4 is 5.32 Å². The summed E-state index contributed by atoms with van der Waals surface area (Å²) in [4.78, 5) is 41.6. The number of amides is 2. The van der Waals surface area contributed by atoms with Crippen LogP contribution in [0.1, 0.15) is 38.7 Å². The average molecular weight is 477 g/mol. The van der Waals surface area contributed by atoms with E-state index >= 15 is 0 Å². The van der Waals surface area contributed by atoms with E-state index in [2.05, 4.69) is 5.32 Å². The van der Waals surface area contributed by atoms with Crippen LogP contribution in [0.2, 0.25) is 5.02 Å². The summed E-state index contributed by atoms with van der Waals surface area (Å²) in [6.07, 6.45) is 5.84. The van der Waals surface area contributed by atoms with Crippen molar-refractivity contribution in [2.45, 2.75) is 46.1 Å². The highest BCUT2D eigenvalue weighted by Crippen LogP contribution is 2.46. The maximum Gasteiger partial charge on any atom is 0.310 e. The molecule has 0 saturated carbocycles. The van der Waals surface area contributed by atoms with Gasteiger partial charge in [0.15, 0.2) is 0 Å². The standard InChI is InChI=1S/C25H33ClN2O5/c1-4-8-16-11-12-17-20(19(16)25(32)33-5-2)24(31)28(13-7-14-29)22(17)23(30)27-21-15(3)9-6-10-18(21)26/h6,9-12,16-17,19-20,22,29H,4-5,7-8,13-14H2,1-3H3,(H,27,30)/t16-,17+,19-,20-,22+/m1/s1. The molecule has 1 saturated heterocycles. The van der Waals surface area contributed by atoms with E-state index in [4.69, 9.17) is 16.3 Å². The molecule has 180 valence electrons. The van der Waals surface area contributed by atoms with Gasteiger partial charge in [-0.1, -0.05) is 49.2 Å². The van der Waals surface area contributed by atoms with Crippen LogP contribution in [0, 0.1) is 30.6 Å². The predicted octanol–water partition coefficient (Wildman–Crippen LogP) is 3.58. The van der Waals surface area contributed by atoms with Gasteiger partial charge in [0.2, 0.25) is 11.8 Å². The van der Waals surface area contributed by atoms with Gasteiger partial charge in [-0.25, -0.2) is 0 Å². The second kappa shape index (κ2) is 11.2. The zero-order valence-electron chi connectivity index (χ0n) is 19.4. The van der Waals surface area contributed by atoms with E-state index in [0.29, 0.717) is 17.1 Å². The summed E-state index contributed by atoms with van der Waals surface area (Å²) >= 11 is 6.32. The molecule has 3 rings (SSSR count). The Morgan fingerprint density at radius 1 is 1.24 bits per heavy atom. The summed E-state index contributed by atoms with van der Waals surface area (Å²) in [5, 5.41) is 12.7. The first-order valence-electron chi connectivity index (χ1n) is 11.7. The maximum atomic E-state index is 13.6. The summed E-state index contributed by atoms with van der Waals surface area (Å²) in [6, 6.07) is 4.54. The first-order chi connectivity index (χ1) is 15.8. The maximum absolute atomic E-state index is 13.6. The van der Waals surface area contributed by atoms with Crippen molar-refractivity contribution < 1.29 is 24.2 Å². The lowest BCUT2D eigenvalue weighted by Crippen LogP contribution is -2.45. The van der Waals surface area contributed by atoms with Crippen molar-refractivity contribution in [1.29, 1.82) is 0 Å². The molecule has 1 heterocycles. The lowest BCUT2D eigenvalue weighted by Gasteiger charge is -2.33. The van der Waals surface area contributed by atoms with Crippen LogP contribution in [0.15, 0.2) is 30.4 Å². The van der Waals surface area contributed by atoms with Crippen LogP contribution in [0.4, 0.5) is 5.69 Å². The number of carbonyl (C=O) groups is 3. The molecule has 1 aliphatic heterocycles. The predicted molar refractivity (Wildman–Crippen MR) is 127 cm³/mol. The minimum absolute atomic E-state index is 0.104. The number of halogens is 1. The number of likely N-dealkylation sites (tertiary alicyclic amines) is 1. The number of allylic oxidation sites excluding steroid dienone is 1. The molecule has 5 atom stereocenters. The topological polar surface area (TPSA) is 95.9 Å². The van der Waals surface area contributed by atoms with Gasteiger partial charge in [0.05, 0.1) is 29.2 Å². The van der Waals surface area contributed by atoms with Gasteiger partial charge in [-0.15, -0.1) is 0 Å². The summed E-state index contributed by atoms with van der Waals surface area (Å²) in [6.45, 7) is 5.98. The zero-order valence-corrected chi connectivity index (χ0v) is 20.2. The number of nitrogens with one attached hydrogen (secondary N) is 1. The molecule has 1 aliphatic carbocycles. The van der Waals surface area contributed by atoms with E-state index in [9.17, 15) is 19.5 Å². The van der Waals surface area contributed by atoms with E-state index in [1.54, 1.807) is 19.1 Å². The van der Waals surface area contributed by atoms with Crippen molar-refractivity contribution >= 4 is 35.1 Å². The number of nitrogens with zero attached hydrogens (tertiary/aromatic N) is 1. The van der Waals surface area contributed by atoms with E-state index in [-0.39, 0.29) is 37.5 Å². The number of para-hydroxylation sites is 1. The summed E-state index contributed by atoms with van der Waals surface area (Å²) in [5.74, 6) is -2.89. The number of aryl methyl sites for hydroxylation is 1. The molecule has 2 N–H and O–H groups in total. The largest absolute Gasteiger partial charge is 0.466 e. The molecule has 0 radical (unpaired) electrons. The number of rotatable bonds is 9. The lowest BCUT2D eigenvalue weighted by atomic mass is 9.69. The second-order valence-electron chi connectivity index (χ2n) is 8.69. The lowest BCUT2D eigenvalue weighted by molar-refractivity contribution is -0.155. The van der Waals surface area contributed by atoms with Crippen molar-refractivity contribution in [2.24, 2.45) is 23.7 Å². The fraction of sp³-hybridized carbons (Fsp3) is 0.560. The van der Waals surface area contributed by atoms with Gasteiger partial charge >= 0.3 is 5.97 Å². The highest BCUT2D eigenvalue weighted by Gasteiger charge is 2.57. The Hall–Kier alpha value is -2.38. The van der Waals surface area contributed by atoms with Crippen LogP contribution in [-0.4, -0.2) is 53.6 Å². The highest BCUT2D eigenvalue weighted by molar-refractivity contribution is 6.34. The van der Waals surface area contributed by atoms with Gasteiger partial charge in [-0.05, 0) is 44.2 Å². The van der Waals surface area contributed by atoms with Crippen molar-refractivity contribution in [3.63, 3.8) is 0 Å². The number of carbonyl (C=O) groups excluding carboxylic acids is 3. The Balaban J connectivity index is 1.99. The Morgan fingerprint density at radius 3 is 2.64 bits per heavy atom. The molecule has 1 fully saturated rings. The van der Waals surface area contributed by atoms with E-state index in [0.717, 1.165) is 18.4 Å². The van der Waals surface area contributed by atoms with Crippen LogP contribution in [0.5, 0.6) is 0 Å². The SMILES string of the molecule is CCC[C@@H]1C=C[C@H]2[C@@H](C(=O)N(CCCO)[C@@H]2C(=O)Nc2c(C)cccc2Cl)[C@@H]1C(=O)OCC. The van der Waals surface area contributed by atoms with Gasteiger partial charge in [0.25, 0.3) is 0 Å². The second-order valence-corrected chi connectivity index (χ2v) is 9.10. The molecule has 0 aromatic heterocycles. The number of hydrogen-bond acceptors (Lipinski definition) is 5. The van der Waals surface area contributed by atoms with E-state index < -0.39 is 29.8 Å². The van der Waals surface area contributed by atoms with Crippen LogP contribution >= 0.6 is 11.6 Å². The quantitative estimate of drug-likeness (QED) is 0.419. The average Bonchev–Trinajstić information content (AvgIpc) is 3.06. The molecule has 33 heavy (non-hydrogen) atoms. The van der Waals surface area contributed by atoms with Gasteiger partial charge in [0, 0.05) is 19.1 Å². The molecule has 1 aromatic rings. The number of fused-ring (bicyclic) bond motifs is 1. The molecule has 0 spiro atoms. The summed E-state index contributed by atoms with van der Waals surface area (Å²) in [7, 11) is 0. The Kier molecular flexibility index (Phi) is 8.54. The van der Waals surface area contributed by atoms with Gasteiger partial charge in [-0.3, -0.25) is 14.4 Å². The molecule has 0 unspecified atom stereocenters. The first-order valence-corrected chi connectivity index (χ1v) is 12.1. The van der Waals surface area contributed by atoms with E-state index in [1.165, 1.54) is 4.90 Å². The third-order valence-corrected chi connectivity index (χ3v) is 6.90. The number of hydrogen-bond donors (Lipinski definition) is 2. The third-order valence-electron chi connectivity index (χ3n) is 6.59. The van der Waals surface area contributed by atoms with Crippen LogP contribution in [0.25, 0.3) is 0 Å².